The predicted molar refractivity (Wildman–Crippen MR) is 53.1 cm³/mol. The van der Waals surface area contributed by atoms with Gasteiger partial charge in [-0.2, -0.15) is 18.2 Å². The largest absolute Gasteiger partial charge is 0.389 e. The van der Waals surface area contributed by atoms with E-state index >= 15 is 0 Å². The fraction of sp³-hybridized carbons (Fsp3) is 0.778. The molecule has 0 aromatic carbocycles. The number of alkyl halides is 3. The number of urea groups is 1. The molecule has 1 rings (SSSR count). The maximum absolute atomic E-state index is 12.0. The molecule has 0 saturated heterocycles. The molecule has 7 heteroatoms. The molecule has 92 valence electrons. The van der Waals surface area contributed by atoms with E-state index in [0.29, 0.717) is 0 Å². The molecule has 1 unspecified atom stereocenters. The third-order valence-electron chi connectivity index (χ3n) is 2.92. The summed E-state index contributed by atoms with van der Waals surface area (Å²) in [5.74, 6) is 0.0853. The first-order valence-electron chi connectivity index (χ1n) is 4.86. The second-order valence-electron chi connectivity index (χ2n) is 4.08. The summed E-state index contributed by atoms with van der Waals surface area (Å²) in [6, 6.07) is -0.507. The van der Waals surface area contributed by atoms with Gasteiger partial charge in [-0.25, -0.2) is 4.79 Å². The maximum Gasteiger partial charge on any atom is 0.389 e. The molecule has 0 saturated carbocycles. The minimum absolute atomic E-state index is 0.0756. The Morgan fingerprint density at radius 1 is 1.50 bits per heavy atom. The van der Waals surface area contributed by atoms with Gasteiger partial charge in [0.25, 0.3) is 0 Å². The number of amides is 2. The van der Waals surface area contributed by atoms with E-state index in [9.17, 15) is 18.0 Å². The molecule has 2 amide bonds. The highest BCUT2D eigenvalue weighted by atomic mass is 19.4. The van der Waals surface area contributed by atoms with Gasteiger partial charge in [-0.05, 0) is 19.8 Å². The Labute approximate surface area is 91.3 Å². The van der Waals surface area contributed by atoms with Gasteiger partial charge in [-0.15, -0.1) is 0 Å². The van der Waals surface area contributed by atoms with Crippen molar-refractivity contribution in [2.45, 2.75) is 37.9 Å². The molecular formula is C9H14F3N3O. The molecule has 4 nitrogen and oxygen atoms in total. The highest BCUT2D eigenvalue weighted by Gasteiger charge is 2.42. The first kappa shape index (κ1) is 12.8. The zero-order chi connectivity index (χ0) is 12.6. The number of carbonyl (C=O) groups is 1. The van der Waals surface area contributed by atoms with E-state index in [-0.39, 0.29) is 18.7 Å². The molecule has 2 N–H and O–H groups in total. The second kappa shape index (κ2) is 3.95. The lowest BCUT2D eigenvalue weighted by Gasteiger charge is -2.31. The zero-order valence-electron chi connectivity index (χ0n) is 9.14. The van der Waals surface area contributed by atoms with E-state index in [0.717, 1.165) is 0 Å². The van der Waals surface area contributed by atoms with Crippen LogP contribution in [0.15, 0.2) is 4.99 Å². The van der Waals surface area contributed by atoms with Crippen LogP contribution in [0.4, 0.5) is 18.0 Å². The summed E-state index contributed by atoms with van der Waals surface area (Å²) >= 11 is 0. The van der Waals surface area contributed by atoms with Gasteiger partial charge in [-0.1, -0.05) is 0 Å². The summed E-state index contributed by atoms with van der Waals surface area (Å²) in [4.78, 5) is 16.0. The van der Waals surface area contributed by atoms with Gasteiger partial charge in [0.15, 0.2) is 0 Å². The summed E-state index contributed by atoms with van der Waals surface area (Å²) in [7, 11) is 1.49. The Morgan fingerprint density at radius 2 is 2.06 bits per heavy atom. The van der Waals surface area contributed by atoms with E-state index in [1.165, 1.54) is 11.9 Å². The molecule has 0 aromatic rings. The average Bonchev–Trinajstić information content (AvgIpc) is 2.29. The lowest BCUT2D eigenvalue weighted by atomic mass is 9.93. The van der Waals surface area contributed by atoms with E-state index < -0.39 is 24.2 Å². The van der Waals surface area contributed by atoms with Crippen molar-refractivity contribution in [2.75, 3.05) is 7.05 Å². The van der Waals surface area contributed by atoms with E-state index in [1.54, 1.807) is 6.92 Å². The zero-order valence-corrected chi connectivity index (χ0v) is 9.14. The molecule has 0 spiro atoms. The molecular weight excluding hydrogens is 223 g/mol. The third-order valence-corrected chi connectivity index (χ3v) is 2.92. The first-order chi connectivity index (χ1) is 7.17. The van der Waals surface area contributed by atoms with Crippen LogP contribution in [0.5, 0.6) is 0 Å². The van der Waals surface area contributed by atoms with Gasteiger partial charge in [0.2, 0.25) is 0 Å². The lowest BCUT2D eigenvalue weighted by Crippen LogP contribution is -2.49. The second-order valence-corrected chi connectivity index (χ2v) is 4.08. The van der Waals surface area contributed by atoms with Crippen LogP contribution in [0.1, 0.15) is 26.2 Å². The summed E-state index contributed by atoms with van der Waals surface area (Å²) in [6.07, 6.45) is -4.97. The number of carbonyl (C=O) groups excluding carboxylic acids is 1. The van der Waals surface area contributed by atoms with E-state index in [2.05, 4.69) is 4.99 Å². The predicted octanol–water partition coefficient (Wildman–Crippen LogP) is 1.90. The summed E-state index contributed by atoms with van der Waals surface area (Å²) < 4.78 is 35.9. The fourth-order valence-electron chi connectivity index (χ4n) is 1.61. The smallest absolute Gasteiger partial charge is 0.385 e. The number of hydrogen-bond donors (Lipinski definition) is 1. The fourth-order valence-corrected chi connectivity index (χ4v) is 1.61. The van der Waals surface area contributed by atoms with Crippen LogP contribution in [-0.2, 0) is 0 Å². The standard InChI is InChI=1S/C9H14F3N3O/c1-8(4-3-5-9(10,11)12)6(13)14-7(16)15(8)2/h3-5H2,1-2H3,(H2,13,14,16). The SMILES string of the molecule is CN1C(=O)N=C(N)C1(C)CCCC(F)(F)F. The van der Waals surface area contributed by atoms with E-state index in [1.807, 2.05) is 0 Å². The van der Waals surface area contributed by atoms with Crippen LogP contribution in [0, 0.1) is 0 Å². The van der Waals surface area contributed by atoms with Gasteiger partial charge in [-0.3, -0.25) is 0 Å². The molecule has 0 aromatic heterocycles. The third kappa shape index (κ3) is 2.45. The number of hydrogen-bond acceptors (Lipinski definition) is 2. The number of halogens is 3. The lowest BCUT2D eigenvalue weighted by molar-refractivity contribution is -0.136. The molecule has 0 aliphatic carbocycles. The topological polar surface area (TPSA) is 58.7 Å². The quantitative estimate of drug-likeness (QED) is 0.814. The molecule has 1 aliphatic rings. The van der Waals surface area contributed by atoms with Crippen molar-refractivity contribution in [3.63, 3.8) is 0 Å². The van der Waals surface area contributed by atoms with Crippen molar-refractivity contribution in [3.8, 4) is 0 Å². The van der Waals surface area contributed by atoms with Crippen molar-refractivity contribution in [2.24, 2.45) is 10.7 Å². The van der Waals surface area contributed by atoms with Crippen molar-refractivity contribution in [1.29, 1.82) is 0 Å². The van der Waals surface area contributed by atoms with E-state index in [4.69, 9.17) is 5.73 Å². The van der Waals surface area contributed by atoms with Crippen molar-refractivity contribution in [3.05, 3.63) is 0 Å². The van der Waals surface area contributed by atoms with Crippen LogP contribution < -0.4 is 5.73 Å². The molecule has 0 radical (unpaired) electrons. The minimum atomic E-state index is -4.18. The number of rotatable bonds is 3. The average molecular weight is 237 g/mol. The molecule has 0 bridgehead atoms. The Balaban J connectivity index is 2.60. The van der Waals surface area contributed by atoms with Gasteiger partial charge in [0.1, 0.15) is 5.84 Å². The Kier molecular flexibility index (Phi) is 3.16. The molecule has 1 atom stereocenters. The normalized spacial score (nSPS) is 26.2. The number of likely N-dealkylation sites (N-methyl/N-ethyl adjacent to an activating group) is 1. The number of nitrogens with zero attached hydrogens (tertiary/aromatic N) is 2. The monoisotopic (exact) mass is 237 g/mol. The Bertz CT molecular complexity index is 326. The molecule has 16 heavy (non-hydrogen) atoms. The number of nitrogens with two attached hydrogens (primary N) is 1. The van der Waals surface area contributed by atoms with Crippen LogP contribution >= 0.6 is 0 Å². The molecule has 1 aliphatic heterocycles. The Hall–Kier alpha value is -1.27. The Morgan fingerprint density at radius 3 is 2.44 bits per heavy atom. The summed E-state index contributed by atoms with van der Waals surface area (Å²) in [5.41, 5.74) is 4.66. The molecule has 0 fully saturated rings. The maximum atomic E-state index is 12.0. The van der Waals surface area contributed by atoms with Gasteiger partial charge in [0.05, 0.1) is 5.54 Å². The highest BCUT2D eigenvalue weighted by molar-refractivity contribution is 6.05. The van der Waals surface area contributed by atoms with Gasteiger partial charge in [0, 0.05) is 13.5 Å². The highest BCUT2D eigenvalue weighted by Crippen LogP contribution is 2.30. The van der Waals surface area contributed by atoms with Crippen LogP contribution in [-0.4, -0.2) is 35.5 Å². The number of amidine groups is 1. The van der Waals surface area contributed by atoms with Crippen LogP contribution in [0.25, 0.3) is 0 Å². The number of aliphatic imine (C=N–C) groups is 1. The van der Waals surface area contributed by atoms with Crippen LogP contribution in [0.2, 0.25) is 0 Å². The van der Waals surface area contributed by atoms with Crippen LogP contribution in [0.3, 0.4) is 0 Å². The molecule has 1 heterocycles. The van der Waals surface area contributed by atoms with Gasteiger partial charge >= 0.3 is 12.2 Å². The first-order valence-corrected chi connectivity index (χ1v) is 4.86. The van der Waals surface area contributed by atoms with Crippen molar-refractivity contribution in [1.82, 2.24) is 4.90 Å². The summed E-state index contributed by atoms with van der Waals surface area (Å²) in [5, 5.41) is 0. The minimum Gasteiger partial charge on any atom is -0.385 e. The van der Waals surface area contributed by atoms with Crippen molar-refractivity contribution >= 4 is 11.9 Å². The van der Waals surface area contributed by atoms with Crippen molar-refractivity contribution < 1.29 is 18.0 Å². The van der Waals surface area contributed by atoms with Gasteiger partial charge < -0.3 is 10.6 Å². The summed E-state index contributed by atoms with van der Waals surface area (Å²) in [6.45, 7) is 1.62.